The van der Waals surface area contributed by atoms with Crippen LogP contribution >= 0.6 is 0 Å². The molecule has 14 heteroatoms. The molecule has 0 spiro atoms. The largest absolute Gasteiger partial charge is 0.467 e. The summed E-state index contributed by atoms with van der Waals surface area (Å²) >= 11 is 0. The monoisotopic (exact) mass is 708 g/mol. The second-order valence-corrected chi connectivity index (χ2v) is 15.4. The molecule has 0 bridgehead atoms. The number of methoxy groups -OCH3 is 1. The molecule has 4 aliphatic carbocycles. The summed E-state index contributed by atoms with van der Waals surface area (Å²) in [5.41, 5.74) is -2.15. The zero-order valence-corrected chi connectivity index (χ0v) is 30.1. The minimum Gasteiger partial charge on any atom is -0.467 e. The van der Waals surface area contributed by atoms with Crippen LogP contribution in [0.2, 0.25) is 0 Å². The first kappa shape index (κ1) is 38.1. The summed E-state index contributed by atoms with van der Waals surface area (Å²) in [5.74, 6) is -2.93. The van der Waals surface area contributed by atoms with Gasteiger partial charge in [-0.05, 0) is 86.9 Å². The second kappa shape index (κ2) is 14.5. The van der Waals surface area contributed by atoms with Crippen molar-refractivity contribution < 1.29 is 67.0 Å². The van der Waals surface area contributed by atoms with Gasteiger partial charge in [0.05, 0.1) is 13.2 Å². The zero-order valence-electron chi connectivity index (χ0n) is 30.1. The predicted molar refractivity (Wildman–Crippen MR) is 171 cm³/mol. The summed E-state index contributed by atoms with van der Waals surface area (Å²) in [7, 11) is 1.14. The van der Waals surface area contributed by atoms with E-state index in [0.29, 0.717) is 37.5 Å². The quantitative estimate of drug-likeness (QED) is 0.209. The van der Waals surface area contributed by atoms with Crippen molar-refractivity contribution in [3.8, 4) is 0 Å². The van der Waals surface area contributed by atoms with Crippen molar-refractivity contribution in [1.29, 1.82) is 0 Å². The molecule has 0 aromatic rings. The fraction of sp³-hybridized carbons (Fsp3) is 0.833. The van der Waals surface area contributed by atoms with Crippen LogP contribution in [0.3, 0.4) is 0 Å². The number of ether oxygens (including phenoxy) is 7. The Morgan fingerprint density at radius 3 is 1.98 bits per heavy atom. The van der Waals surface area contributed by atoms with Crippen LogP contribution in [0.25, 0.3) is 0 Å². The molecule has 0 radical (unpaired) electrons. The van der Waals surface area contributed by atoms with Crippen molar-refractivity contribution in [2.75, 3.05) is 13.7 Å². The molecule has 13 atom stereocenters. The van der Waals surface area contributed by atoms with E-state index in [1.165, 1.54) is 13.8 Å². The van der Waals surface area contributed by atoms with Crippen LogP contribution in [-0.2, 0) is 61.9 Å². The average Bonchev–Trinajstić information content (AvgIpc) is 3.32. The minimum absolute atomic E-state index is 0.0233. The molecule has 14 nitrogen and oxygen atoms in total. The van der Waals surface area contributed by atoms with Gasteiger partial charge in [0.15, 0.2) is 37.3 Å². The number of esters is 5. The van der Waals surface area contributed by atoms with Gasteiger partial charge in [-0.25, -0.2) is 4.79 Å². The fourth-order valence-corrected chi connectivity index (χ4v) is 10.5. The van der Waals surface area contributed by atoms with E-state index in [9.17, 15) is 33.9 Å². The lowest BCUT2D eigenvalue weighted by molar-refractivity contribution is -0.315. The first-order valence-electron chi connectivity index (χ1n) is 17.7. The van der Waals surface area contributed by atoms with Gasteiger partial charge >= 0.3 is 29.8 Å². The molecule has 0 amide bonds. The van der Waals surface area contributed by atoms with Crippen molar-refractivity contribution in [3.05, 3.63) is 0 Å². The summed E-state index contributed by atoms with van der Waals surface area (Å²) in [6, 6.07) is 0. The van der Waals surface area contributed by atoms with Crippen LogP contribution in [0.15, 0.2) is 0 Å². The van der Waals surface area contributed by atoms with Crippen LogP contribution in [0.5, 0.6) is 0 Å². The van der Waals surface area contributed by atoms with Crippen molar-refractivity contribution >= 4 is 35.6 Å². The molecule has 0 aromatic heterocycles. The maximum atomic E-state index is 13.2. The molecular weight excluding hydrogens is 656 g/mol. The molecule has 5 fully saturated rings. The number of fused-ring (bicyclic) bond motifs is 5. The van der Waals surface area contributed by atoms with E-state index >= 15 is 0 Å². The van der Waals surface area contributed by atoms with E-state index in [-0.39, 0.29) is 23.4 Å². The van der Waals surface area contributed by atoms with Crippen molar-refractivity contribution in [3.63, 3.8) is 0 Å². The maximum absolute atomic E-state index is 13.2. The second-order valence-electron chi connectivity index (χ2n) is 15.4. The molecule has 6 unspecified atom stereocenters. The predicted octanol–water partition coefficient (Wildman–Crippen LogP) is 2.97. The van der Waals surface area contributed by atoms with Crippen molar-refractivity contribution in [2.45, 2.75) is 142 Å². The third kappa shape index (κ3) is 6.91. The molecule has 50 heavy (non-hydrogen) atoms. The molecule has 280 valence electrons. The third-order valence-electron chi connectivity index (χ3n) is 12.8. The molecule has 1 N–H and O–H groups in total. The van der Waals surface area contributed by atoms with Gasteiger partial charge in [-0.3, -0.25) is 24.0 Å². The van der Waals surface area contributed by atoms with Crippen LogP contribution < -0.4 is 0 Å². The summed E-state index contributed by atoms with van der Waals surface area (Å²) in [4.78, 5) is 74.0. The van der Waals surface area contributed by atoms with Crippen LogP contribution in [0.1, 0.15) is 99.3 Å². The van der Waals surface area contributed by atoms with Gasteiger partial charge in [-0.2, -0.15) is 0 Å². The average molecular weight is 709 g/mol. The molecule has 1 heterocycles. The lowest BCUT2D eigenvalue weighted by Gasteiger charge is -2.61. The van der Waals surface area contributed by atoms with Crippen LogP contribution in [0, 0.1) is 34.5 Å². The Hall–Kier alpha value is -3.10. The zero-order chi connectivity index (χ0) is 36.8. The molecule has 1 aliphatic heterocycles. The molecule has 5 rings (SSSR count). The van der Waals surface area contributed by atoms with E-state index in [2.05, 4.69) is 6.92 Å². The number of ketones is 1. The van der Waals surface area contributed by atoms with Crippen LogP contribution in [0.4, 0.5) is 0 Å². The molecular formula is C36H52O14. The SMILES string of the molecule is COC(=O)[C@H]1O[C@@H](O[C@@H]2CCC3(C)C(CCC4C3CCC3(C)C4CC[C@]3(O)C(=O)COC(C)=O)C2)[C@H](OC(C)=O)[C@@H](OC(C)=O)[C@@H]1OC(C)=O. The number of hydrogen-bond donors (Lipinski definition) is 1. The Bertz CT molecular complexity index is 1360. The van der Waals surface area contributed by atoms with Gasteiger partial charge in [-0.15, -0.1) is 0 Å². The van der Waals surface area contributed by atoms with E-state index in [0.717, 1.165) is 53.1 Å². The third-order valence-corrected chi connectivity index (χ3v) is 12.8. The maximum Gasteiger partial charge on any atom is 0.339 e. The molecule has 0 aromatic carbocycles. The van der Waals surface area contributed by atoms with Gasteiger partial charge in [-0.1, -0.05) is 13.8 Å². The van der Waals surface area contributed by atoms with Gasteiger partial charge in [0.25, 0.3) is 0 Å². The van der Waals surface area contributed by atoms with E-state index in [1.807, 2.05) is 6.92 Å². The first-order valence-corrected chi connectivity index (χ1v) is 17.7. The first-order chi connectivity index (χ1) is 23.4. The summed E-state index contributed by atoms with van der Waals surface area (Å²) < 4.78 is 38.9. The molecule has 5 aliphatic rings. The number of aliphatic hydroxyl groups is 1. The Kier molecular flexibility index (Phi) is 11.1. The highest BCUT2D eigenvalue weighted by molar-refractivity contribution is 5.91. The minimum atomic E-state index is -1.53. The van der Waals surface area contributed by atoms with E-state index in [4.69, 9.17) is 33.2 Å². The number of rotatable bonds is 9. The summed E-state index contributed by atoms with van der Waals surface area (Å²) in [5, 5.41) is 11.8. The lowest BCUT2D eigenvalue weighted by Crippen LogP contribution is -2.64. The van der Waals surface area contributed by atoms with Gasteiger partial charge in [0.2, 0.25) is 5.78 Å². The Morgan fingerprint density at radius 1 is 0.740 bits per heavy atom. The van der Waals surface area contributed by atoms with Gasteiger partial charge in [0, 0.05) is 33.1 Å². The summed E-state index contributed by atoms with van der Waals surface area (Å²) in [6.45, 7) is 8.66. The standard InChI is InChI=1S/C36H52O14/c1-18(37)45-17-27(41)36(43)15-12-26-24-9-8-22-16-23(10-13-34(22,5)25(24)11-14-35(26,36)6)49-33-31(48-21(4)40)29(47-20(3)39)28(46-19(2)38)30(50-33)32(42)44-7/h22-26,28-31,33,43H,8-17H2,1-7H3/t22?,23-,24?,25?,26?,28+,29+,30+,31-,33-,34?,35?,36+/m1/s1. The van der Waals surface area contributed by atoms with E-state index < -0.39 is 84.0 Å². The summed E-state index contributed by atoms with van der Waals surface area (Å²) in [6.07, 6.45) is -0.752. The fourth-order valence-electron chi connectivity index (χ4n) is 10.5. The Balaban J connectivity index is 1.33. The number of carbonyl (C=O) groups excluding carboxylic acids is 6. The number of carbonyl (C=O) groups is 6. The molecule has 1 saturated heterocycles. The Labute approximate surface area is 292 Å². The molecule has 4 saturated carbocycles. The number of hydrogen-bond acceptors (Lipinski definition) is 14. The van der Waals surface area contributed by atoms with Gasteiger partial charge in [0.1, 0.15) is 5.60 Å². The highest BCUT2D eigenvalue weighted by Crippen LogP contribution is 2.68. The van der Waals surface area contributed by atoms with Crippen molar-refractivity contribution in [1.82, 2.24) is 0 Å². The smallest absolute Gasteiger partial charge is 0.339 e. The van der Waals surface area contributed by atoms with Crippen molar-refractivity contribution in [2.24, 2.45) is 34.5 Å². The highest BCUT2D eigenvalue weighted by atomic mass is 16.7. The normalized spacial score (nSPS) is 42.1. The van der Waals surface area contributed by atoms with E-state index in [1.54, 1.807) is 0 Å². The van der Waals surface area contributed by atoms with Gasteiger partial charge < -0.3 is 38.3 Å². The number of Topliss-reactive ketones (excluding diaryl/α,β-unsaturated/α-hetero) is 1. The highest BCUT2D eigenvalue weighted by Gasteiger charge is 2.67. The lowest BCUT2D eigenvalue weighted by atomic mass is 9.44. The van der Waals surface area contributed by atoms with Crippen LogP contribution in [-0.4, -0.2) is 96.9 Å². The Morgan fingerprint density at radius 2 is 1.36 bits per heavy atom. The topological polar surface area (TPSA) is 187 Å².